The lowest BCUT2D eigenvalue weighted by Gasteiger charge is -2.13. The summed E-state index contributed by atoms with van der Waals surface area (Å²) in [5, 5.41) is 8.53. The molecule has 21 heavy (non-hydrogen) atoms. The molecular weight excluding hydrogens is 292 g/mol. The van der Waals surface area contributed by atoms with Gasteiger partial charge in [0.2, 0.25) is 5.91 Å². The van der Waals surface area contributed by atoms with E-state index in [0.29, 0.717) is 23.9 Å². The van der Waals surface area contributed by atoms with Crippen molar-refractivity contribution >= 4 is 23.2 Å². The normalized spacial score (nSPS) is 21.7. The second kappa shape index (κ2) is 5.24. The van der Waals surface area contributed by atoms with E-state index in [0.717, 1.165) is 0 Å². The average molecular weight is 306 g/mol. The molecule has 0 unspecified atom stereocenters. The summed E-state index contributed by atoms with van der Waals surface area (Å²) in [5.41, 5.74) is 7.44. The highest BCUT2D eigenvalue weighted by Crippen LogP contribution is 2.31. The van der Waals surface area contributed by atoms with E-state index in [-0.39, 0.29) is 18.4 Å². The first-order chi connectivity index (χ1) is 10.1. The van der Waals surface area contributed by atoms with E-state index >= 15 is 0 Å². The molecule has 0 bridgehead atoms. The highest BCUT2D eigenvalue weighted by Gasteiger charge is 2.41. The van der Waals surface area contributed by atoms with E-state index in [2.05, 4.69) is 20.2 Å². The Balaban J connectivity index is 1.84. The van der Waals surface area contributed by atoms with Crippen LogP contribution in [0.5, 0.6) is 0 Å². The fourth-order valence-corrected chi connectivity index (χ4v) is 3.05. The number of aromatic amines is 1. The lowest BCUT2D eigenvalue weighted by atomic mass is 9.95. The van der Waals surface area contributed by atoms with Crippen LogP contribution in [-0.2, 0) is 4.79 Å². The fraction of sp³-hybridized carbons (Fsp3) is 0.417. The van der Waals surface area contributed by atoms with Crippen molar-refractivity contribution in [3.63, 3.8) is 0 Å². The minimum Gasteiger partial charge on any atom is -0.369 e. The van der Waals surface area contributed by atoms with Gasteiger partial charge in [-0.25, -0.2) is 9.97 Å². The van der Waals surface area contributed by atoms with Gasteiger partial charge >= 0.3 is 0 Å². The molecule has 2 aromatic rings. The number of carbonyl (C=O) groups is 2. The molecule has 0 radical (unpaired) electrons. The van der Waals surface area contributed by atoms with Gasteiger partial charge in [0.05, 0.1) is 17.3 Å². The van der Waals surface area contributed by atoms with Crippen molar-refractivity contribution in [2.45, 2.75) is 12.8 Å². The first kappa shape index (κ1) is 13.7. The Bertz CT molecular complexity index is 667. The smallest absolute Gasteiger partial charge is 0.273 e. The maximum atomic E-state index is 12.3. The standard InChI is InChI=1S/C12H14N6O2S/c1-6-15-11(17-16-6)8-3-18(2-7(8)10(13)19)12(20)9-4-21-5-14-9/h4-5,7-8H,2-3H2,1H3,(H2,13,19)(H,15,16,17)/t7-,8-/m1/s1. The van der Waals surface area contributed by atoms with Gasteiger partial charge in [0.15, 0.2) is 5.82 Å². The summed E-state index contributed by atoms with van der Waals surface area (Å²) in [4.78, 5) is 33.8. The first-order valence-electron chi connectivity index (χ1n) is 6.42. The fourth-order valence-electron chi connectivity index (χ4n) is 2.53. The van der Waals surface area contributed by atoms with Crippen molar-refractivity contribution in [3.8, 4) is 0 Å². The largest absolute Gasteiger partial charge is 0.369 e. The van der Waals surface area contributed by atoms with Crippen LogP contribution < -0.4 is 5.73 Å². The van der Waals surface area contributed by atoms with E-state index in [1.807, 2.05) is 0 Å². The maximum absolute atomic E-state index is 12.3. The average Bonchev–Trinajstić information content (AvgIpc) is 3.17. The maximum Gasteiger partial charge on any atom is 0.273 e. The third kappa shape index (κ3) is 2.51. The predicted octanol–water partition coefficient (Wildman–Crippen LogP) is -0.0893. The number of nitrogens with one attached hydrogen (secondary N) is 1. The van der Waals surface area contributed by atoms with Gasteiger partial charge in [-0.2, -0.15) is 5.10 Å². The lowest BCUT2D eigenvalue weighted by Crippen LogP contribution is -2.32. The summed E-state index contributed by atoms with van der Waals surface area (Å²) in [6, 6.07) is 0. The molecule has 2 amide bonds. The second-order valence-electron chi connectivity index (χ2n) is 4.98. The molecule has 3 rings (SSSR count). The van der Waals surface area contributed by atoms with Gasteiger partial charge in [0.1, 0.15) is 11.5 Å². The van der Waals surface area contributed by atoms with Gasteiger partial charge in [0.25, 0.3) is 5.91 Å². The zero-order valence-electron chi connectivity index (χ0n) is 11.3. The van der Waals surface area contributed by atoms with Crippen LogP contribution >= 0.6 is 11.3 Å². The molecule has 2 atom stereocenters. The minimum atomic E-state index is -0.484. The third-order valence-corrected chi connectivity index (χ3v) is 4.16. The molecule has 8 nitrogen and oxygen atoms in total. The molecular formula is C12H14N6O2S. The Morgan fingerprint density at radius 3 is 2.86 bits per heavy atom. The van der Waals surface area contributed by atoms with E-state index in [4.69, 9.17) is 5.73 Å². The summed E-state index contributed by atoms with van der Waals surface area (Å²) < 4.78 is 0. The number of aromatic nitrogens is 4. The Morgan fingerprint density at radius 1 is 1.48 bits per heavy atom. The number of amides is 2. The first-order valence-corrected chi connectivity index (χ1v) is 7.36. The van der Waals surface area contributed by atoms with Crippen molar-refractivity contribution < 1.29 is 9.59 Å². The summed E-state index contributed by atoms with van der Waals surface area (Å²) in [6.45, 7) is 2.41. The molecule has 0 spiro atoms. The minimum absolute atomic E-state index is 0.197. The third-order valence-electron chi connectivity index (χ3n) is 3.57. The lowest BCUT2D eigenvalue weighted by molar-refractivity contribution is -0.121. The summed E-state index contributed by atoms with van der Waals surface area (Å²) >= 11 is 1.35. The number of nitrogens with two attached hydrogens (primary N) is 1. The quantitative estimate of drug-likeness (QED) is 0.821. The number of likely N-dealkylation sites (tertiary alicyclic amines) is 1. The Hall–Kier alpha value is -2.29. The van der Waals surface area contributed by atoms with E-state index in [9.17, 15) is 9.59 Å². The van der Waals surface area contributed by atoms with E-state index < -0.39 is 11.8 Å². The van der Waals surface area contributed by atoms with Gasteiger partial charge in [-0.1, -0.05) is 0 Å². The van der Waals surface area contributed by atoms with Crippen LogP contribution in [-0.4, -0.2) is 50.0 Å². The number of hydrogen-bond acceptors (Lipinski definition) is 6. The highest BCUT2D eigenvalue weighted by molar-refractivity contribution is 7.07. The van der Waals surface area contributed by atoms with Gasteiger partial charge in [-0.15, -0.1) is 11.3 Å². The SMILES string of the molecule is Cc1nc([C@@H]2CN(C(=O)c3cscn3)C[C@H]2C(N)=O)n[nH]1. The van der Waals surface area contributed by atoms with Crippen LogP contribution in [0.3, 0.4) is 0 Å². The van der Waals surface area contributed by atoms with Crippen LogP contribution in [0.4, 0.5) is 0 Å². The molecule has 0 aromatic carbocycles. The van der Waals surface area contributed by atoms with Crippen LogP contribution in [0.15, 0.2) is 10.9 Å². The Kier molecular flexibility index (Phi) is 3.42. The van der Waals surface area contributed by atoms with Crippen molar-refractivity contribution in [2.75, 3.05) is 13.1 Å². The van der Waals surface area contributed by atoms with Gasteiger partial charge < -0.3 is 10.6 Å². The monoisotopic (exact) mass is 306 g/mol. The number of thiazole rings is 1. The topological polar surface area (TPSA) is 118 Å². The molecule has 0 saturated carbocycles. The van der Waals surface area contributed by atoms with Crippen LogP contribution in [0.2, 0.25) is 0 Å². The number of primary amides is 1. The van der Waals surface area contributed by atoms with Crippen molar-refractivity contribution in [2.24, 2.45) is 11.7 Å². The van der Waals surface area contributed by atoms with Gasteiger partial charge in [-0.3, -0.25) is 14.7 Å². The molecule has 1 aliphatic rings. The van der Waals surface area contributed by atoms with Crippen molar-refractivity contribution in [1.82, 2.24) is 25.1 Å². The van der Waals surface area contributed by atoms with Gasteiger partial charge in [-0.05, 0) is 6.92 Å². The van der Waals surface area contributed by atoms with Crippen molar-refractivity contribution in [3.05, 3.63) is 28.2 Å². The molecule has 3 N–H and O–H groups in total. The van der Waals surface area contributed by atoms with Crippen LogP contribution in [0.1, 0.15) is 28.1 Å². The Labute approximate surface area is 124 Å². The second-order valence-corrected chi connectivity index (χ2v) is 5.70. The van der Waals surface area contributed by atoms with Crippen LogP contribution in [0.25, 0.3) is 0 Å². The number of carbonyl (C=O) groups excluding carboxylic acids is 2. The van der Waals surface area contributed by atoms with Crippen LogP contribution in [0, 0.1) is 12.8 Å². The van der Waals surface area contributed by atoms with E-state index in [1.165, 1.54) is 11.3 Å². The molecule has 1 aliphatic heterocycles. The molecule has 0 aliphatic carbocycles. The molecule has 110 valence electrons. The molecule has 1 saturated heterocycles. The highest BCUT2D eigenvalue weighted by atomic mass is 32.1. The number of aryl methyl sites for hydroxylation is 1. The zero-order chi connectivity index (χ0) is 15.0. The van der Waals surface area contributed by atoms with Gasteiger partial charge in [0, 0.05) is 18.5 Å². The summed E-state index contributed by atoms with van der Waals surface area (Å²) in [7, 11) is 0. The summed E-state index contributed by atoms with van der Waals surface area (Å²) in [5.74, 6) is -0.228. The number of H-pyrrole nitrogens is 1. The molecule has 2 aromatic heterocycles. The molecule has 9 heteroatoms. The Morgan fingerprint density at radius 2 is 2.29 bits per heavy atom. The summed E-state index contributed by atoms with van der Waals surface area (Å²) in [6.07, 6.45) is 0. The predicted molar refractivity (Wildman–Crippen MR) is 74.6 cm³/mol. The van der Waals surface area contributed by atoms with Crippen molar-refractivity contribution in [1.29, 1.82) is 0 Å². The number of rotatable bonds is 3. The number of nitrogens with zero attached hydrogens (tertiary/aromatic N) is 4. The molecule has 1 fully saturated rings. The zero-order valence-corrected chi connectivity index (χ0v) is 12.1. The molecule has 3 heterocycles. The number of hydrogen-bond donors (Lipinski definition) is 2. The van der Waals surface area contributed by atoms with E-state index in [1.54, 1.807) is 22.7 Å².